The highest BCUT2D eigenvalue weighted by molar-refractivity contribution is 5.47. The van der Waals surface area contributed by atoms with Gasteiger partial charge in [-0.3, -0.25) is 4.79 Å². The molecule has 10 nitrogen and oxygen atoms in total. The van der Waals surface area contributed by atoms with Gasteiger partial charge in [0.1, 0.15) is 18.7 Å². The molecule has 0 spiro atoms. The van der Waals surface area contributed by atoms with Gasteiger partial charge in [-0.05, 0) is 31.7 Å². The molecule has 0 amide bonds. The minimum absolute atomic E-state index is 0.0244. The van der Waals surface area contributed by atoms with Crippen molar-refractivity contribution >= 4 is 5.82 Å². The molecule has 1 aliphatic rings. The molecule has 1 aliphatic carbocycles. The second kappa shape index (κ2) is 7.33. The molecule has 10 heteroatoms. The highest BCUT2D eigenvalue weighted by Crippen LogP contribution is 2.29. The third kappa shape index (κ3) is 3.52. The average Bonchev–Trinajstić information content (AvgIpc) is 3.24. The first-order chi connectivity index (χ1) is 13.2. The van der Waals surface area contributed by atoms with Crippen LogP contribution in [-0.4, -0.2) is 40.6 Å². The zero-order valence-electron chi connectivity index (χ0n) is 14.4. The summed E-state index contributed by atoms with van der Waals surface area (Å²) in [5, 5.41) is 20.9. The van der Waals surface area contributed by atoms with E-state index in [2.05, 4.69) is 30.5 Å². The van der Waals surface area contributed by atoms with Gasteiger partial charge in [-0.25, -0.2) is 24.3 Å². The molecule has 3 aromatic heterocycles. The van der Waals surface area contributed by atoms with Crippen LogP contribution in [0.15, 0.2) is 42.0 Å². The lowest BCUT2D eigenvalue weighted by molar-refractivity contribution is 0.302. The van der Waals surface area contributed by atoms with Gasteiger partial charge in [-0.2, -0.15) is 10.4 Å². The topological polar surface area (TPSA) is 127 Å². The summed E-state index contributed by atoms with van der Waals surface area (Å²) in [6.07, 6.45) is 9.32. The Balaban J connectivity index is 1.46. The fourth-order valence-electron chi connectivity index (χ4n) is 3.31. The molecular weight excluding hydrogens is 346 g/mol. The summed E-state index contributed by atoms with van der Waals surface area (Å²) in [5.74, 6) is 1.07. The minimum Gasteiger partial charge on any atom is -0.365 e. The van der Waals surface area contributed by atoms with Gasteiger partial charge in [0.15, 0.2) is 17.3 Å². The van der Waals surface area contributed by atoms with E-state index >= 15 is 0 Å². The molecule has 3 heterocycles. The van der Waals surface area contributed by atoms with Gasteiger partial charge < -0.3 is 5.32 Å². The monoisotopic (exact) mass is 363 g/mol. The van der Waals surface area contributed by atoms with E-state index in [1.165, 1.54) is 28.0 Å². The smallest absolute Gasteiger partial charge is 0.267 e. The van der Waals surface area contributed by atoms with E-state index in [1.807, 2.05) is 6.07 Å². The number of nitrogens with zero attached hydrogens (tertiary/aromatic N) is 8. The van der Waals surface area contributed by atoms with E-state index in [0.717, 1.165) is 25.7 Å². The molecule has 0 bridgehead atoms. The predicted octanol–water partition coefficient (Wildman–Crippen LogP) is 1.08. The quantitative estimate of drug-likeness (QED) is 0.729. The lowest BCUT2D eigenvalue weighted by Crippen LogP contribution is -2.34. The second-order valence-electron chi connectivity index (χ2n) is 6.33. The Hall–Kier alpha value is -3.61. The van der Waals surface area contributed by atoms with Crippen molar-refractivity contribution in [3.8, 4) is 11.9 Å². The van der Waals surface area contributed by atoms with Crippen molar-refractivity contribution < 1.29 is 0 Å². The van der Waals surface area contributed by atoms with E-state index in [9.17, 15) is 4.79 Å². The van der Waals surface area contributed by atoms with Crippen molar-refractivity contribution in [1.82, 2.24) is 34.5 Å². The summed E-state index contributed by atoms with van der Waals surface area (Å²) in [4.78, 5) is 24.4. The lowest BCUT2D eigenvalue weighted by atomic mass is 9.91. The summed E-state index contributed by atoms with van der Waals surface area (Å²) in [6, 6.07) is 5.39. The van der Waals surface area contributed by atoms with Crippen LogP contribution < -0.4 is 10.9 Å². The summed E-state index contributed by atoms with van der Waals surface area (Å²) < 4.78 is 3.07. The van der Waals surface area contributed by atoms with E-state index in [4.69, 9.17) is 5.26 Å². The number of hydrogen-bond donors (Lipinski definition) is 1. The van der Waals surface area contributed by atoms with E-state index in [1.54, 1.807) is 18.6 Å². The number of aromatic nitrogens is 7. The SMILES string of the molecule is N#Cc1nccnc1NC1CCC(n2nc(-n3cncn3)ccc2=O)CC1. The van der Waals surface area contributed by atoms with Gasteiger partial charge in [0, 0.05) is 24.5 Å². The van der Waals surface area contributed by atoms with Crippen LogP contribution in [0.4, 0.5) is 5.82 Å². The van der Waals surface area contributed by atoms with Crippen LogP contribution in [-0.2, 0) is 0 Å². The van der Waals surface area contributed by atoms with Crippen LogP contribution in [0.2, 0.25) is 0 Å². The van der Waals surface area contributed by atoms with Crippen LogP contribution in [0, 0.1) is 11.3 Å². The molecule has 4 rings (SSSR count). The van der Waals surface area contributed by atoms with E-state index < -0.39 is 0 Å². The lowest BCUT2D eigenvalue weighted by Gasteiger charge is -2.30. The Kier molecular flexibility index (Phi) is 4.57. The molecule has 0 aromatic carbocycles. The van der Waals surface area contributed by atoms with Crippen LogP contribution in [0.1, 0.15) is 37.4 Å². The Morgan fingerprint density at radius 2 is 1.96 bits per heavy atom. The first-order valence-electron chi connectivity index (χ1n) is 8.67. The zero-order valence-corrected chi connectivity index (χ0v) is 14.4. The molecule has 0 radical (unpaired) electrons. The Labute approximate surface area is 154 Å². The van der Waals surface area contributed by atoms with Crippen LogP contribution in [0.3, 0.4) is 0 Å². The summed E-state index contributed by atoms with van der Waals surface area (Å²) in [5.41, 5.74) is 0.161. The Morgan fingerprint density at radius 1 is 1.15 bits per heavy atom. The standard InChI is InChI=1S/C17H17N9O/c18-9-14-17(21-8-7-20-14)23-12-1-3-13(4-2-12)26-16(27)6-5-15(24-26)25-11-19-10-22-25/h5-8,10-13H,1-4H2,(H,21,23). The number of nitriles is 1. The van der Waals surface area contributed by atoms with Crippen molar-refractivity contribution in [3.05, 3.63) is 53.2 Å². The summed E-state index contributed by atoms with van der Waals surface area (Å²) in [7, 11) is 0. The van der Waals surface area contributed by atoms with Gasteiger partial charge in [0.25, 0.3) is 5.56 Å². The Bertz CT molecular complexity index is 1010. The van der Waals surface area contributed by atoms with Crippen molar-refractivity contribution in [2.24, 2.45) is 0 Å². The van der Waals surface area contributed by atoms with Gasteiger partial charge >= 0.3 is 0 Å². The van der Waals surface area contributed by atoms with Crippen LogP contribution in [0.5, 0.6) is 0 Å². The molecule has 0 aliphatic heterocycles. The fourth-order valence-corrected chi connectivity index (χ4v) is 3.31. The molecule has 1 fully saturated rings. The van der Waals surface area contributed by atoms with Gasteiger partial charge in [-0.15, -0.1) is 5.10 Å². The van der Waals surface area contributed by atoms with E-state index in [0.29, 0.717) is 11.6 Å². The zero-order chi connectivity index (χ0) is 18.6. The maximum Gasteiger partial charge on any atom is 0.267 e. The first-order valence-corrected chi connectivity index (χ1v) is 8.67. The number of anilines is 1. The molecule has 1 saturated carbocycles. The highest BCUT2D eigenvalue weighted by atomic mass is 16.1. The molecule has 0 atom stereocenters. The molecule has 0 unspecified atom stereocenters. The summed E-state index contributed by atoms with van der Waals surface area (Å²) in [6.45, 7) is 0. The maximum atomic E-state index is 12.3. The third-order valence-electron chi connectivity index (χ3n) is 4.65. The van der Waals surface area contributed by atoms with E-state index in [-0.39, 0.29) is 23.3 Å². The Morgan fingerprint density at radius 3 is 2.70 bits per heavy atom. The minimum atomic E-state index is -0.129. The maximum absolute atomic E-state index is 12.3. The van der Waals surface area contributed by atoms with Crippen molar-refractivity contribution in [3.63, 3.8) is 0 Å². The average molecular weight is 363 g/mol. The van der Waals surface area contributed by atoms with Crippen LogP contribution in [0.25, 0.3) is 5.82 Å². The van der Waals surface area contributed by atoms with Crippen molar-refractivity contribution in [2.75, 3.05) is 5.32 Å². The van der Waals surface area contributed by atoms with Gasteiger partial charge in [0.05, 0.1) is 6.04 Å². The fraction of sp³-hybridized carbons (Fsp3) is 0.353. The molecule has 136 valence electrons. The van der Waals surface area contributed by atoms with Crippen molar-refractivity contribution in [1.29, 1.82) is 5.26 Å². The van der Waals surface area contributed by atoms with Gasteiger partial charge in [0.2, 0.25) is 0 Å². The second-order valence-corrected chi connectivity index (χ2v) is 6.33. The molecule has 27 heavy (non-hydrogen) atoms. The highest BCUT2D eigenvalue weighted by Gasteiger charge is 2.25. The summed E-state index contributed by atoms with van der Waals surface area (Å²) >= 11 is 0. The third-order valence-corrected chi connectivity index (χ3v) is 4.65. The predicted molar refractivity (Wildman–Crippen MR) is 95.1 cm³/mol. The molecule has 1 N–H and O–H groups in total. The number of hydrogen-bond acceptors (Lipinski definition) is 8. The van der Waals surface area contributed by atoms with Gasteiger partial charge in [-0.1, -0.05) is 0 Å². The number of nitrogens with one attached hydrogen (secondary N) is 1. The largest absolute Gasteiger partial charge is 0.365 e. The van der Waals surface area contributed by atoms with Crippen LogP contribution >= 0.6 is 0 Å². The van der Waals surface area contributed by atoms with Crippen molar-refractivity contribution in [2.45, 2.75) is 37.8 Å². The normalized spacial score (nSPS) is 19.4. The first kappa shape index (κ1) is 16.8. The molecule has 0 saturated heterocycles. The number of rotatable bonds is 4. The molecule has 3 aromatic rings. The molecular formula is C17H17N9O.